The van der Waals surface area contributed by atoms with Gasteiger partial charge in [0.15, 0.2) is 4.77 Å². The Morgan fingerprint density at radius 2 is 2.00 bits per heavy atom. The lowest BCUT2D eigenvalue weighted by molar-refractivity contribution is 0.352. The quantitative estimate of drug-likeness (QED) is 0.789. The standard InChI is InChI=1S/C14H19FN2S/c1-9-7-12-11(8-10(9)15)16-13(18)17(12)6-5-14(2,3)4/h7-8H,5-6H2,1-4H3,(H,16,18). The molecule has 0 saturated heterocycles. The second kappa shape index (κ2) is 4.50. The third-order valence-corrected chi connectivity index (χ3v) is 3.46. The van der Waals surface area contributed by atoms with Crippen LogP contribution in [0.25, 0.3) is 11.0 Å². The maximum absolute atomic E-state index is 13.5. The zero-order valence-electron chi connectivity index (χ0n) is 11.3. The lowest BCUT2D eigenvalue weighted by Crippen LogP contribution is -2.10. The average molecular weight is 266 g/mol. The Balaban J connectivity index is 2.47. The van der Waals surface area contributed by atoms with Crippen LogP contribution in [0.5, 0.6) is 0 Å². The summed E-state index contributed by atoms with van der Waals surface area (Å²) < 4.78 is 16.2. The Kier molecular flexibility index (Phi) is 3.32. The first-order valence-corrected chi connectivity index (χ1v) is 6.57. The molecule has 0 aliphatic heterocycles. The summed E-state index contributed by atoms with van der Waals surface area (Å²) in [4.78, 5) is 3.07. The highest BCUT2D eigenvalue weighted by Gasteiger charge is 2.13. The first-order chi connectivity index (χ1) is 8.28. The third kappa shape index (κ3) is 2.64. The number of aromatic amines is 1. The van der Waals surface area contributed by atoms with Crippen molar-refractivity contribution in [3.63, 3.8) is 0 Å². The first-order valence-electron chi connectivity index (χ1n) is 6.16. The van der Waals surface area contributed by atoms with E-state index in [1.54, 1.807) is 6.92 Å². The number of hydrogen-bond donors (Lipinski definition) is 1. The van der Waals surface area contributed by atoms with E-state index >= 15 is 0 Å². The smallest absolute Gasteiger partial charge is 0.178 e. The van der Waals surface area contributed by atoms with Crippen molar-refractivity contribution in [1.29, 1.82) is 0 Å². The van der Waals surface area contributed by atoms with E-state index in [1.165, 1.54) is 6.07 Å². The number of halogens is 1. The number of nitrogens with one attached hydrogen (secondary N) is 1. The molecule has 0 unspecified atom stereocenters. The van der Waals surface area contributed by atoms with Crippen LogP contribution in [0.2, 0.25) is 0 Å². The highest BCUT2D eigenvalue weighted by Crippen LogP contribution is 2.23. The molecule has 0 bridgehead atoms. The van der Waals surface area contributed by atoms with Crippen LogP contribution < -0.4 is 0 Å². The molecule has 1 aromatic carbocycles. The molecule has 18 heavy (non-hydrogen) atoms. The summed E-state index contributed by atoms with van der Waals surface area (Å²) in [5, 5.41) is 0. The van der Waals surface area contributed by atoms with Crippen molar-refractivity contribution < 1.29 is 4.39 Å². The van der Waals surface area contributed by atoms with Gasteiger partial charge in [-0.2, -0.15) is 0 Å². The molecule has 0 amide bonds. The number of imidazole rings is 1. The normalized spacial score (nSPS) is 12.3. The van der Waals surface area contributed by atoms with Gasteiger partial charge in [0, 0.05) is 6.54 Å². The molecule has 0 aliphatic carbocycles. The largest absolute Gasteiger partial charge is 0.330 e. The molecule has 98 valence electrons. The van der Waals surface area contributed by atoms with Gasteiger partial charge in [0.05, 0.1) is 11.0 Å². The second-order valence-electron chi connectivity index (χ2n) is 6.01. The lowest BCUT2D eigenvalue weighted by Gasteiger charge is -2.18. The number of rotatable bonds is 2. The van der Waals surface area contributed by atoms with E-state index in [-0.39, 0.29) is 11.2 Å². The minimum absolute atomic E-state index is 0.193. The van der Waals surface area contributed by atoms with E-state index in [1.807, 2.05) is 6.07 Å². The molecule has 0 aliphatic rings. The summed E-state index contributed by atoms with van der Waals surface area (Å²) in [5.74, 6) is -0.193. The molecule has 2 aromatic rings. The number of aromatic nitrogens is 2. The number of benzene rings is 1. The van der Waals surface area contributed by atoms with Gasteiger partial charge in [-0.15, -0.1) is 0 Å². The highest BCUT2D eigenvalue weighted by molar-refractivity contribution is 7.71. The molecule has 2 nitrogen and oxygen atoms in total. The van der Waals surface area contributed by atoms with Gasteiger partial charge in [0.1, 0.15) is 5.82 Å². The van der Waals surface area contributed by atoms with Crippen molar-refractivity contribution in [2.45, 2.75) is 40.7 Å². The summed E-state index contributed by atoms with van der Waals surface area (Å²) >= 11 is 5.31. The molecule has 4 heteroatoms. The third-order valence-electron chi connectivity index (χ3n) is 3.14. The molecule has 0 saturated carbocycles. The monoisotopic (exact) mass is 266 g/mol. The summed E-state index contributed by atoms with van der Waals surface area (Å²) in [6.07, 6.45) is 1.03. The number of fused-ring (bicyclic) bond motifs is 1. The Hall–Kier alpha value is -1.16. The van der Waals surface area contributed by atoms with Gasteiger partial charge in [-0.1, -0.05) is 20.8 Å². The SMILES string of the molecule is Cc1cc2c(cc1F)[nH]c(=S)n2CCC(C)(C)C. The molecule has 0 radical (unpaired) electrons. The van der Waals surface area contributed by atoms with E-state index in [4.69, 9.17) is 12.2 Å². The zero-order chi connectivity index (χ0) is 13.5. The highest BCUT2D eigenvalue weighted by atomic mass is 32.1. The van der Waals surface area contributed by atoms with Crippen molar-refractivity contribution >= 4 is 23.3 Å². The van der Waals surface area contributed by atoms with Gasteiger partial charge in [0.2, 0.25) is 0 Å². The number of nitrogens with zero attached hydrogens (tertiary/aromatic N) is 1. The van der Waals surface area contributed by atoms with Crippen LogP contribution in [-0.4, -0.2) is 9.55 Å². The van der Waals surface area contributed by atoms with Gasteiger partial charge < -0.3 is 9.55 Å². The molecule has 1 N–H and O–H groups in total. The van der Waals surface area contributed by atoms with Crippen LogP contribution in [0.1, 0.15) is 32.8 Å². The van der Waals surface area contributed by atoms with Gasteiger partial charge in [-0.3, -0.25) is 0 Å². The van der Waals surface area contributed by atoms with E-state index in [9.17, 15) is 4.39 Å². The zero-order valence-corrected chi connectivity index (χ0v) is 12.1. The lowest BCUT2D eigenvalue weighted by atomic mass is 9.92. The van der Waals surface area contributed by atoms with Crippen LogP contribution in [0.4, 0.5) is 4.39 Å². The minimum Gasteiger partial charge on any atom is -0.330 e. The topological polar surface area (TPSA) is 20.7 Å². The van der Waals surface area contributed by atoms with Gasteiger partial charge in [-0.05, 0) is 48.7 Å². The Morgan fingerprint density at radius 1 is 1.33 bits per heavy atom. The fraction of sp³-hybridized carbons (Fsp3) is 0.500. The second-order valence-corrected chi connectivity index (χ2v) is 6.40. The summed E-state index contributed by atoms with van der Waals surface area (Å²) in [7, 11) is 0. The molecular weight excluding hydrogens is 247 g/mol. The predicted octanol–water partition coefficient (Wildman–Crippen LogP) is 4.58. The number of H-pyrrole nitrogens is 1. The van der Waals surface area contributed by atoms with Crippen molar-refractivity contribution in [3.05, 3.63) is 28.3 Å². The fourth-order valence-corrected chi connectivity index (χ4v) is 2.25. The molecule has 1 heterocycles. The van der Waals surface area contributed by atoms with E-state index in [2.05, 4.69) is 30.3 Å². The van der Waals surface area contributed by atoms with Gasteiger partial charge >= 0.3 is 0 Å². The van der Waals surface area contributed by atoms with Crippen molar-refractivity contribution in [1.82, 2.24) is 9.55 Å². The number of aryl methyl sites for hydroxylation is 2. The molecule has 0 fully saturated rings. The van der Waals surface area contributed by atoms with E-state index in [0.717, 1.165) is 24.0 Å². The Labute approximate surface area is 112 Å². The van der Waals surface area contributed by atoms with Crippen LogP contribution >= 0.6 is 12.2 Å². The average Bonchev–Trinajstić information content (AvgIpc) is 2.51. The van der Waals surface area contributed by atoms with Gasteiger partial charge in [0.25, 0.3) is 0 Å². The van der Waals surface area contributed by atoms with Crippen LogP contribution in [0.3, 0.4) is 0 Å². The van der Waals surface area contributed by atoms with Crippen molar-refractivity contribution in [2.24, 2.45) is 5.41 Å². The maximum Gasteiger partial charge on any atom is 0.178 e. The molecule has 2 rings (SSSR count). The van der Waals surface area contributed by atoms with E-state index in [0.29, 0.717) is 10.3 Å². The Bertz CT molecular complexity index is 632. The van der Waals surface area contributed by atoms with E-state index < -0.39 is 0 Å². The summed E-state index contributed by atoms with van der Waals surface area (Å²) in [6.45, 7) is 9.25. The molecule has 0 spiro atoms. The molecular formula is C14H19FN2S. The first kappa shape index (κ1) is 13.3. The van der Waals surface area contributed by atoms with Crippen molar-refractivity contribution in [3.8, 4) is 0 Å². The Morgan fingerprint density at radius 3 is 2.61 bits per heavy atom. The molecule has 0 atom stereocenters. The number of hydrogen-bond acceptors (Lipinski definition) is 1. The van der Waals surface area contributed by atoms with Crippen LogP contribution in [0, 0.1) is 22.9 Å². The predicted molar refractivity (Wildman–Crippen MR) is 75.9 cm³/mol. The molecule has 1 aromatic heterocycles. The summed E-state index contributed by atoms with van der Waals surface area (Å²) in [6, 6.07) is 3.38. The van der Waals surface area contributed by atoms with Crippen molar-refractivity contribution in [2.75, 3.05) is 0 Å². The van der Waals surface area contributed by atoms with Gasteiger partial charge in [-0.25, -0.2) is 4.39 Å². The summed E-state index contributed by atoms with van der Waals surface area (Å²) in [5.41, 5.74) is 2.68. The maximum atomic E-state index is 13.5. The fourth-order valence-electron chi connectivity index (χ4n) is 1.95. The van der Waals surface area contributed by atoms with Crippen LogP contribution in [0.15, 0.2) is 12.1 Å². The minimum atomic E-state index is -0.193. The van der Waals surface area contributed by atoms with Crippen LogP contribution in [-0.2, 0) is 6.54 Å².